The molecule has 3 rings (SSSR count). The monoisotopic (exact) mass is 349 g/mol. The highest BCUT2D eigenvalue weighted by Gasteiger charge is 2.28. The third-order valence-corrected chi connectivity index (χ3v) is 5.14. The van der Waals surface area contributed by atoms with Crippen molar-refractivity contribution in [2.45, 2.75) is 38.5 Å². The fourth-order valence-corrected chi connectivity index (χ4v) is 3.64. The predicted octanol–water partition coefficient (Wildman–Crippen LogP) is 2.44. The quantitative estimate of drug-likeness (QED) is 0.601. The Bertz CT molecular complexity index is 642. The molecule has 1 saturated carbocycles. The van der Waals surface area contributed by atoms with Crippen LogP contribution in [-0.4, -0.2) is 52.7 Å². The third kappa shape index (κ3) is 4.18. The summed E-state index contributed by atoms with van der Waals surface area (Å²) in [5.74, 6) is 0.0112. The van der Waals surface area contributed by atoms with Gasteiger partial charge in [0.2, 0.25) is 5.91 Å². The Labute approximate surface area is 145 Å². The number of amides is 2. The Morgan fingerprint density at radius 2 is 1.76 bits per heavy atom. The van der Waals surface area contributed by atoms with Crippen molar-refractivity contribution in [2.24, 2.45) is 5.92 Å². The first-order chi connectivity index (χ1) is 12.0. The highest BCUT2D eigenvalue weighted by molar-refractivity contribution is 5.92. The van der Waals surface area contributed by atoms with Crippen molar-refractivity contribution in [2.75, 3.05) is 26.2 Å². The van der Waals surface area contributed by atoms with Gasteiger partial charge in [-0.2, -0.15) is 0 Å². The van der Waals surface area contributed by atoms with Gasteiger partial charge in [0.15, 0.2) is 5.76 Å². The molecule has 25 heavy (non-hydrogen) atoms. The minimum absolute atomic E-state index is 0.0345. The molecule has 2 aliphatic rings. The molecule has 1 saturated heterocycles. The molecule has 136 valence electrons. The van der Waals surface area contributed by atoms with E-state index >= 15 is 0 Å². The van der Waals surface area contributed by atoms with E-state index in [1.807, 2.05) is 4.90 Å². The van der Waals surface area contributed by atoms with Crippen LogP contribution in [0.5, 0.6) is 0 Å². The second-order valence-corrected chi connectivity index (χ2v) is 6.76. The molecule has 2 fully saturated rings. The van der Waals surface area contributed by atoms with Crippen molar-refractivity contribution in [3.8, 4) is 0 Å². The van der Waals surface area contributed by atoms with Gasteiger partial charge in [0.25, 0.3) is 5.91 Å². The molecule has 0 aromatic carbocycles. The number of nitro groups is 1. The Hall–Kier alpha value is -2.38. The van der Waals surface area contributed by atoms with Gasteiger partial charge in [-0.15, -0.1) is 0 Å². The summed E-state index contributed by atoms with van der Waals surface area (Å²) in [7, 11) is 0. The van der Waals surface area contributed by atoms with Crippen LogP contribution in [0.25, 0.3) is 0 Å². The van der Waals surface area contributed by atoms with Crippen molar-refractivity contribution >= 4 is 17.7 Å². The third-order valence-electron chi connectivity index (χ3n) is 5.14. The molecule has 2 heterocycles. The normalized spacial score (nSPS) is 18.6. The summed E-state index contributed by atoms with van der Waals surface area (Å²) < 4.78 is 4.96. The van der Waals surface area contributed by atoms with Crippen molar-refractivity contribution < 1.29 is 18.9 Å². The first kappa shape index (κ1) is 17.4. The minimum atomic E-state index is -0.669. The van der Waals surface area contributed by atoms with E-state index in [4.69, 9.17) is 4.42 Å². The molecule has 8 nitrogen and oxygen atoms in total. The second kappa shape index (κ2) is 7.67. The molecule has 0 spiro atoms. The van der Waals surface area contributed by atoms with Gasteiger partial charge in [-0.25, -0.2) is 0 Å². The highest BCUT2D eigenvalue weighted by atomic mass is 16.6. The molecule has 0 N–H and O–H groups in total. The molecule has 0 bridgehead atoms. The lowest BCUT2D eigenvalue weighted by atomic mass is 10.0. The van der Waals surface area contributed by atoms with Crippen LogP contribution < -0.4 is 0 Å². The molecule has 1 aromatic rings. The molecule has 1 aliphatic heterocycles. The fourth-order valence-electron chi connectivity index (χ4n) is 3.64. The lowest BCUT2D eigenvalue weighted by molar-refractivity contribution is -0.402. The number of rotatable bonds is 5. The van der Waals surface area contributed by atoms with Gasteiger partial charge in [-0.1, -0.05) is 25.7 Å². The van der Waals surface area contributed by atoms with Crippen molar-refractivity contribution in [1.29, 1.82) is 0 Å². The maximum Gasteiger partial charge on any atom is 0.433 e. The number of hydrogen-bond donors (Lipinski definition) is 0. The summed E-state index contributed by atoms with van der Waals surface area (Å²) >= 11 is 0. The van der Waals surface area contributed by atoms with E-state index < -0.39 is 10.8 Å². The van der Waals surface area contributed by atoms with Crippen LogP contribution in [0, 0.1) is 16.0 Å². The summed E-state index contributed by atoms with van der Waals surface area (Å²) in [6.07, 6.45) is 6.60. The van der Waals surface area contributed by atoms with E-state index in [2.05, 4.69) is 0 Å². The zero-order valence-electron chi connectivity index (χ0n) is 14.2. The molecule has 1 aliphatic carbocycles. The van der Waals surface area contributed by atoms with Crippen LogP contribution in [-0.2, 0) is 4.79 Å². The number of carbonyl (C=O) groups excluding carboxylic acids is 2. The Balaban J connectivity index is 1.46. The van der Waals surface area contributed by atoms with Crippen molar-refractivity contribution in [3.63, 3.8) is 0 Å². The molecular formula is C17H23N3O5. The smallest absolute Gasteiger partial charge is 0.395 e. The topological polar surface area (TPSA) is 96.9 Å². The number of hydrogen-bond acceptors (Lipinski definition) is 5. The lowest BCUT2D eigenvalue weighted by Gasteiger charge is -2.34. The van der Waals surface area contributed by atoms with E-state index in [0.29, 0.717) is 38.5 Å². The molecule has 8 heteroatoms. The maximum atomic E-state index is 12.3. The van der Waals surface area contributed by atoms with Crippen molar-refractivity contribution in [3.05, 3.63) is 28.0 Å². The number of piperazine rings is 1. The highest BCUT2D eigenvalue weighted by Crippen LogP contribution is 2.28. The summed E-state index contributed by atoms with van der Waals surface area (Å²) in [5.41, 5.74) is 0. The lowest BCUT2D eigenvalue weighted by Crippen LogP contribution is -2.50. The zero-order chi connectivity index (χ0) is 17.8. The molecule has 1 aromatic heterocycles. The largest absolute Gasteiger partial charge is 0.433 e. The zero-order valence-corrected chi connectivity index (χ0v) is 14.2. The molecule has 0 radical (unpaired) electrons. The standard InChI is InChI=1S/C17H23N3O5/c21-15(7-5-13-3-1-2-4-13)18-9-11-19(12-10-18)17(22)14-6-8-16(25-14)20(23)24/h6,8,13H,1-5,7,9-12H2. The van der Waals surface area contributed by atoms with Gasteiger partial charge in [-0.05, 0) is 18.4 Å². The predicted molar refractivity (Wildman–Crippen MR) is 89.0 cm³/mol. The maximum absolute atomic E-state index is 12.3. The minimum Gasteiger partial charge on any atom is -0.395 e. The van der Waals surface area contributed by atoms with Crippen molar-refractivity contribution in [1.82, 2.24) is 9.80 Å². The first-order valence-corrected chi connectivity index (χ1v) is 8.86. The Kier molecular flexibility index (Phi) is 5.35. The van der Waals surface area contributed by atoms with Crippen LogP contribution in [0.2, 0.25) is 0 Å². The average molecular weight is 349 g/mol. The fraction of sp³-hybridized carbons (Fsp3) is 0.647. The van der Waals surface area contributed by atoms with E-state index in [-0.39, 0.29) is 17.6 Å². The van der Waals surface area contributed by atoms with Crippen LogP contribution in [0.1, 0.15) is 49.1 Å². The van der Waals surface area contributed by atoms with Crippen LogP contribution >= 0.6 is 0 Å². The van der Waals surface area contributed by atoms with E-state index in [1.165, 1.54) is 37.8 Å². The Morgan fingerprint density at radius 1 is 1.12 bits per heavy atom. The van der Waals surface area contributed by atoms with Crippen LogP contribution in [0.15, 0.2) is 16.5 Å². The first-order valence-electron chi connectivity index (χ1n) is 8.86. The van der Waals surface area contributed by atoms with E-state index in [0.717, 1.165) is 6.42 Å². The molecule has 2 amide bonds. The summed E-state index contributed by atoms with van der Waals surface area (Å²) in [6, 6.07) is 2.50. The summed E-state index contributed by atoms with van der Waals surface area (Å²) in [6.45, 7) is 1.83. The van der Waals surface area contributed by atoms with Gasteiger partial charge < -0.3 is 14.2 Å². The molecular weight excluding hydrogens is 326 g/mol. The van der Waals surface area contributed by atoms with Crippen LogP contribution in [0.3, 0.4) is 0 Å². The Morgan fingerprint density at radius 3 is 2.36 bits per heavy atom. The van der Waals surface area contributed by atoms with Crippen LogP contribution in [0.4, 0.5) is 5.88 Å². The molecule has 0 unspecified atom stereocenters. The van der Waals surface area contributed by atoms with E-state index in [9.17, 15) is 19.7 Å². The SMILES string of the molecule is O=C(CCC1CCCC1)N1CCN(C(=O)c2ccc([N+](=O)[O-])o2)CC1. The number of furan rings is 1. The molecule has 0 atom stereocenters. The number of nitrogens with zero attached hydrogens (tertiary/aromatic N) is 3. The van der Waals surface area contributed by atoms with Gasteiger partial charge in [0, 0.05) is 32.6 Å². The van der Waals surface area contributed by atoms with Gasteiger partial charge in [0.05, 0.1) is 6.07 Å². The summed E-state index contributed by atoms with van der Waals surface area (Å²) in [4.78, 5) is 38.0. The average Bonchev–Trinajstić information content (AvgIpc) is 3.30. The van der Waals surface area contributed by atoms with Gasteiger partial charge in [-0.3, -0.25) is 19.7 Å². The van der Waals surface area contributed by atoms with E-state index in [1.54, 1.807) is 4.90 Å². The number of carbonyl (C=O) groups is 2. The second-order valence-electron chi connectivity index (χ2n) is 6.76. The van der Waals surface area contributed by atoms with Gasteiger partial charge in [0.1, 0.15) is 4.92 Å². The summed E-state index contributed by atoms with van der Waals surface area (Å²) in [5, 5.41) is 10.6. The van der Waals surface area contributed by atoms with Gasteiger partial charge >= 0.3 is 5.88 Å².